The number of piperidine rings is 1. The number of aliphatic carboxylic acids is 1. The zero-order chi connectivity index (χ0) is 15.2. The van der Waals surface area contributed by atoms with Gasteiger partial charge >= 0.3 is 12.0 Å². The lowest BCUT2D eigenvalue weighted by atomic mass is 9.94. The summed E-state index contributed by atoms with van der Waals surface area (Å²) >= 11 is 1.54. The van der Waals surface area contributed by atoms with Crippen LogP contribution in [0.5, 0.6) is 0 Å². The van der Waals surface area contributed by atoms with E-state index in [-0.39, 0.29) is 24.4 Å². The van der Waals surface area contributed by atoms with Crippen LogP contribution in [0.25, 0.3) is 0 Å². The number of hydrogen-bond donors (Lipinski definition) is 2. The molecule has 1 saturated heterocycles. The fraction of sp³-hybridized carbons (Fsp3) is 0.643. The van der Waals surface area contributed by atoms with Crippen LogP contribution in [0.2, 0.25) is 0 Å². The Morgan fingerprint density at radius 1 is 1.52 bits per heavy atom. The Balaban J connectivity index is 1.83. The average Bonchev–Trinajstić information content (AvgIpc) is 2.98. The monoisotopic (exact) mass is 311 g/mol. The zero-order valence-electron chi connectivity index (χ0n) is 12.1. The molecule has 2 amide bonds. The smallest absolute Gasteiger partial charge is 0.317 e. The lowest BCUT2D eigenvalue weighted by molar-refractivity contribution is -0.138. The number of carbonyl (C=O) groups is 2. The summed E-state index contributed by atoms with van der Waals surface area (Å²) in [5, 5.41) is 14.6. The van der Waals surface area contributed by atoms with Crippen molar-refractivity contribution >= 4 is 23.3 Å². The summed E-state index contributed by atoms with van der Waals surface area (Å²) < 4.78 is 0. The van der Waals surface area contributed by atoms with Crippen LogP contribution in [0, 0.1) is 5.92 Å². The molecule has 1 aliphatic heterocycles. The number of rotatable bonds is 5. The quantitative estimate of drug-likeness (QED) is 0.875. The van der Waals surface area contributed by atoms with Crippen molar-refractivity contribution < 1.29 is 14.7 Å². The first kappa shape index (κ1) is 15.8. The number of carboxylic acids is 1. The molecule has 2 rings (SSSR count). The maximum absolute atomic E-state index is 12.3. The Morgan fingerprint density at radius 3 is 2.76 bits per heavy atom. The minimum atomic E-state index is -0.757. The van der Waals surface area contributed by atoms with E-state index in [9.17, 15) is 9.59 Å². The molecule has 1 fully saturated rings. The van der Waals surface area contributed by atoms with Gasteiger partial charge in [0.2, 0.25) is 0 Å². The molecule has 1 aromatic heterocycles. The number of carbonyl (C=O) groups excluding carboxylic acids is 1. The molecule has 0 bridgehead atoms. The second-order valence-corrected chi connectivity index (χ2v) is 6.24. The van der Waals surface area contributed by atoms with Crippen LogP contribution in [0.1, 0.15) is 43.7 Å². The van der Waals surface area contributed by atoms with Gasteiger partial charge in [-0.2, -0.15) is 0 Å². The van der Waals surface area contributed by atoms with E-state index in [1.807, 2.05) is 12.3 Å². The standard InChI is InChI=1S/C14H21N3O3S/c1-2-11(13-15-5-8-21-13)16-14(20)17-6-3-10(4-7-17)9-12(18)19/h5,8,10-11H,2-4,6-7,9H2,1H3,(H,16,20)(H,18,19). The van der Waals surface area contributed by atoms with E-state index < -0.39 is 5.97 Å². The van der Waals surface area contributed by atoms with E-state index in [0.717, 1.165) is 24.3 Å². The van der Waals surface area contributed by atoms with Crippen molar-refractivity contribution in [2.45, 2.75) is 38.6 Å². The fourth-order valence-electron chi connectivity index (χ4n) is 2.57. The van der Waals surface area contributed by atoms with E-state index in [4.69, 9.17) is 5.11 Å². The second kappa shape index (κ2) is 7.40. The second-order valence-electron chi connectivity index (χ2n) is 5.31. The molecule has 0 radical (unpaired) electrons. The summed E-state index contributed by atoms with van der Waals surface area (Å²) in [6.45, 7) is 3.27. The SMILES string of the molecule is CCC(NC(=O)N1CCC(CC(=O)O)CC1)c1nccs1. The van der Waals surface area contributed by atoms with Gasteiger partial charge in [-0.15, -0.1) is 11.3 Å². The van der Waals surface area contributed by atoms with E-state index in [2.05, 4.69) is 10.3 Å². The summed E-state index contributed by atoms with van der Waals surface area (Å²) in [4.78, 5) is 29.0. The highest BCUT2D eigenvalue weighted by Gasteiger charge is 2.26. The van der Waals surface area contributed by atoms with Gasteiger partial charge in [0.15, 0.2) is 0 Å². The van der Waals surface area contributed by atoms with E-state index >= 15 is 0 Å². The highest BCUT2D eigenvalue weighted by atomic mass is 32.1. The molecule has 1 atom stereocenters. The van der Waals surface area contributed by atoms with E-state index in [1.54, 1.807) is 22.4 Å². The molecule has 6 nitrogen and oxygen atoms in total. The largest absolute Gasteiger partial charge is 0.481 e. The molecular weight excluding hydrogens is 290 g/mol. The van der Waals surface area contributed by atoms with Crippen molar-refractivity contribution in [1.29, 1.82) is 0 Å². The third-order valence-electron chi connectivity index (χ3n) is 3.82. The third kappa shape index (κ3) is 4.42. The lowest BCUT2D eigenvalue weighted by Crippen LogP contribution is -2.45. The maximum Gasteiger partial charge on any atom is 0.317 e. The van der Waals surface area contributed by atoms with Gasteiger partial charge in [0.25, 0.3) is 0 Å². The van der Waals surface area contributed by atoms with Gasteiger partial charge in [0.05, 0.1) is 6.04 Å². The first-order chi connectivity index (χ1) is 10.1. The van der Waals surface area contributed by atoms with Gasteiger partial charge in [0.1, 0.15) is 5.01 Å². The lowest BCUT2D eigenvalue weighted by Gasteiger charge is -2.32. The van der Waals surface area contributed by atoms with Gasteiger partial charge in [-0.25, -0.2) is 9.78 Å². The molecule has 1 unspecified atom stereocenters. The number of thiazole rings is 1. The first-order valence-corrected chi connectivity index (χ1v) is 8.14. The number of hydrogen-bond acceptors (Lipinski definition) is 4. The summed E-state index contributed by atoms with van der Waals surface area (Å²) in [5.74, 6) is -0.569. The summed E-state index contributed by atoms with van der Waals surface area (Å²) in [6.07, 6.45) is 4.26. The van der Waals surface area contributed by atoms with Crippen molar-refractivity contribution in [3.8, 4) is 0 Å². The summed E-state index contributed by atoms with van der Waals surface area (Å²) in [6, 6.07) is -0.125. The van der Waals surface area contributed by atoms with Crippen molar-refractivity contribution in [2.75, 3.05) is 13.1 Å². The Hall–Kier alpha value is -1.63. The molecule has 7 heteroatoms. The van der Waals surface area contributed by atoms with Crippen molar-refractivity contribution in [1.82, 2.24) is 15.2 Å². The van der Waals surface area contributed by atoms with Crippen molar-refractivity contribution in [3.05, 3.63) is 16.6 Å². The minimum Gasteiger partial charge on any atom is -0.481 e. The van der Waals surface area contributed by atoms with Crippen LogP contribution in [0.15, 0.2) is 11.6 Å². The van der Waals surface area contributed by atoms with E-state index in [1.165, 1.54) is 0 Å². The topological polar surface area (TPSA) is 82.5 Å². The summed E-state index contributed by atoms with van der Waals surface area (Å²) in [7, 11) is 0. The van der Waals surface area contributed by atoms with Gasteiger partial charge in [-0.1, -0.05) is 6.92 Å². The van der Waals surface area contributed by atoms with Gasteiger partial charge in [-0.05, 0) is 25.2 Å². The number of carboxylic acid groups (broad SMARTS) is 1. The van der Waals surface area contributed by atoms with Crippen LogP contribution in [-0.4, -0.2) is 40.1 Å². The number of amides is 2. The molecular formula is C14H21N3O3S. The number of aromatic nitrogens is 1. The van der Waals surface area contributed by atoms with Crippen molar-refractivity contribution in [2.24, 2.45) is 5.92 Å². The van der Waals surface area contributed by atoms with Gasteiger partial charge < -0.3 is 15.3 Å². The Bertz CT molecular complexity index is 470. The van der Waals surface area contributed by atoms with Crippen LogP contribution in [-0.2, 0) is 4.79 Å². The van der Waals surface area contributed by atoms with Gasteiger partial charge in [0, 0.05) is 31.1 Å². The number of likely N-dealkylation sites (tertiary alicyclic amines) is 1. The van der Waals surface area contributed by atoms with E-state index in [0.29, 0.717) is 13.1 Å². The molecule has 2 heterocycles. The number of nitrogens with one attached hydrogen (secondary N) is 1. The summed E-state index contributed by atoms with van der Waals surface area (Å²) in [5.41, 5.74) is 0. The fourth-order valence-corrected chi connectivity index (χ4v) is 3.35. The predicted molar refractivity (Wildman–Crippen MR) is 80.2 cm³/mol. The molecule has 0 aromatic carbocycles. The molecule has 0 spiro atoms. The molecule has 2 N–H and O–H groups in total. The molecule has 1 aromatic rings. The zero-order valence-corrected chi connectivity index (χ0v) is 12.9. The normalized spacial score (nSPS) is 17.5. The number of nitrogens with zero attached hydrogens (tertiary/aromatic N) is 2. The molecule has 1 aliphatic rings. The van der Waals surface area contributed by atoms with Crippen molar-refractivity contribution in [3.63, 3.8) is 0 Å². The Kier molecular flexibility index (Phi) is 5.55. The minimum absolute atomic E-state index is 0.0470. The van der Waals surface area contributed by atoms with Crippen LogP contribution < -0.4 is 5.32 Å². The average molecular weight is 311 g/mol. The van der Waals surface area contributed by atoms with Crippen LogP contribution >= 0.6 is 11.3 Å². The number of urea groups is 1. The molecule has 0 aliphatic carbocycles. The van der Waals surface area contributed by atoms with Crippen LogP contribution in [0.4, 0.5) is 4.79 Å². The Labute approximate surface area is 128 Å². The highest BCUT2D eigenvalue weighted by Crippen LogP contribution is 2.22. The molecule has 0 saturated carbocycles. The molecule has 21 heavy (non-hydrogen) atoms. The highest BCUT2D eigenvalue weighted by molar-refractivity contribution is 7.09. The van der Waals surface area contributed by atoms with Crippen LogP contribution in [0.3, 0.4) is 0 Å². The molecule has 116 valence electrons. The van der Waals surface area contributed by atoms with Gasteiger partial charge in [-0.3, -0.25) is 4.79 Å². The third-order valence-corrected chi connectivity index (χ3v) is 4.71. The predicted octanol–water partition coefficient (Wildman–Crippen LogP) is 2.49. The first-order valence-electron chi connectivity index (χ1n) is 7.26. The maximum atomic E-state index is 12.3. The Morgan fingerprint density at radius 2 is 2.24 bits per heavy atom.